The number of aliphatic carboxylic acids is 1. The number of carbonyl (C=O) groups excluding carboxylic acids is 5. The zero-order chi connectivity index (χ0) is 53.6. The van der Waals surface area contributed by atoms with Crippen molar-refractivity contribution in [3.8, 4) is 0 Å². The smallest absolute Gasteiger partial charge is 0.410 e. The summed E-state index contributed by atoms with van der Waals surface area (Å²) in [4.78, 5) is 77.8. The highest BCUT2D eigenvalue weighted by Gasteiger charge is 2.43. The molecule has 2 N–H and O–H groups in total. The molecule has 19 heteroatoms. The van der Waals surface area contributed by atoms with E-state index >= 15 is 0 Å². The SMILES string of the molecule is C.CC[C@H](C)[C@@H]([C@@H](CC(=O)N1CCC[C@H]1[C@H](OC)[C@@H](C)C(=O)OC)OC)N(C)C(=O)OC(C)(C)C.CC[C@H](C)[C@@H]([C@@H](CC(=O)O)OC)N(C)C(=O)OC(C)(C)C.COC(=O)[C@H](C)[C@@H](OC)[C@@H]1CCCN1. The van der Waals surface area contributed by atoms with Gasteiger partial charge in [0, 0.05) is 55.1 Å². The summed E-state index contributed by atoms with van der Waals surface area (Å²) in [6.07, 6.45) is 2.81. The number of likely N-dealkylation sites (tertiary alicyclic amines) is 1. The number of carboxylic acid groups (broad SMARTS) is 1. The molecule has 2 heterocycles. The van der Waals surface area contributed by atoms with Gasteiger partial charge in [-0.3, -0.25) is 19.2 Å². The summed E-state index contributed by atoms with van der Waals surface area (Å²) < 4.78 is 42.7. The highest BCUT2D eigenvalue weighted by Crippen LogP contribution is 2.30. The zero-order valence-electron chi connectivity index (χ0n) is 46.0. The van der Waals surface area contributed by atoms with Crippen molar-refractivity contribution < 1.29 is 71.8 Å². The summed E-state index contributed by atoms with van der Waals surface area (Å²) in [6.45, 7) is 24.1. The molecule has 19 nitrogen and oxygen atoms in total. The summed E-state index contributed by atoms with van der Waals surface area (Å²) in [5.41, 5.74) is -1.22. The van der Waals surface area contributed by atoms with E-state index in [1.165, 1.54) is 26.2 Å². The quantitative estimate of drug-likeness (QED) is 0.0795. The Hall–Kier alpha value is -3.78. The highest BCUT2D eigenvalue weighted by atomic mass is 16.6. The first-order chi connectivity index (χ1) is 32.1. The van der Waals surface area contributed by atoms with Crippen molar-refractivity contribution in [1.82, 2.24) is 20.0 Å². The van der Waals surface area contributed by atoms with E-state index in [1.807, 2.05) is 55.4 Å². The maximum atomic E-state index is 13.5. The number of esters is 2. The molecular weight excluding hydrogens is 909 g/mol. The van der Waals surface area contributed by atoms with Gasteiger partial charge in [-0.1, -0.05) is 48.0 Å². The van der Waals surface area contributed by atoms with E-state index in [-0.39, 0.29) is 86.1 Å². The Morgan fingerprint density at radius 1 is 0.643 bits per heavy atom. The monoisotopic (exact) mass is 1010 g/mol. The lowest BCUT2D eigenvalue weighted by atomic mass is 9.90. The van der Waals surface area contributed by atoms with Crippen LogP contribution in [0.25, 0.3) is 0 Å². The van der Waals surface area contributed by atoms with Crippen LogP contribution in [0.15, 0.2) is 0 Å². The van der Waals surface area contributed by atoms with E-state index in [9.17, 15) is 28.8 Å². The number of carboxylic acids is 1. The molecule has 3 amide bonds. The van der Waals surface area contributed by atoms with Crippen molar-refractivity contribution in [3.63, 3.8) is 0 Å². The van der Waals surface area contributed by atoms with Crippen molar-refractivity contribution >= 4 is 36.0 Å². The van der Waals surface area contributed by atoms with Crippen molar-refractivity contribution in [1.29, 1.82) is 0 Å². The summed E-state index contributed by atoms with van der Waals surface area (Å²) in [6, 6.07) is -0.642. The molecule has 12 atom stereocenters. The first kappa shape index (κ1) is 68.3. The number of nitrogens with one attached hydrogen (secondary N) is 1. The predicted molar refractivity (Wildman–Crippen MR) is 269 cm³/mol. The number of carbonyl (C=O) groups is 6. The Balaban J connectivity index is 0. The molecule has 0 aromatic rings. The van der Waals surface area contributed by atoms with Gasteiger partial charge in [0.2, 0.25) is 5.91 Å². The number of hydrogen-bond acceptors (Lipinski definition) is 15. The molecule has 412 valence electrons. The highest BCUT2D eigenvalue weighted by molar-refractivity contribution is 5.78. The summed E-state index contributed by atoms with van der Waals surface area (Å²) in [5, 5.41) is 12.3. The Bertz CT molecular complexity index is 1550. The standard InChI is InChI=1S/C25H46N2O7.C15H29NO5.C10H19NO3.CH4/c1-11-16(2)21(26(7)24(30)34-25(4,5)6)19(31-8)15-20(28)27-14-12-13-18(27)22(32-9)17(3)23(29)33-10;1-8-10(2)13(11(20-7)9-12(17)18)16(6)14(19)21-15(3,4)5;1-7(10(12)14-3)9(13-2)8-5-4-6-11-8;/h16-19,21-22H,11-15H2,1-10H3;10-11,13H,8-9H2,1-7H3,(H,17,18);7-9,11H,4-6H2,1-3H3;1H4/t16-,17+,18-,19+,21-,22+;10-,11+,13-;7-,8+,9-;/m001./s1. The molecule has 2 aliphatic rings. The summed E-state index contributed by atoms with van der Waals surface area (Å²) >= 11 is 0. The van der Waals surface area contributed by atoms with Crippen molar-refractivity contribution in [2.75, 3.05) is 69.8 Å². The average molecular weight is 1010 g/mol. The van der Waals surface area contributed by atoms with Gasteiger partial charge in [0.1, 0.15) is 11.2 Å². The maximum Gasteiger partial charge on any atom is 0.410 e. The summed E-state index contributed by atoms with van der Waals surface area (Å²) in [5.74, 6) is -2.14. The van der Waals surface area contributed by atoms with Crippen LogP contribution in [0.3, 0.4) is 0 Å². The normalized spacial score (nSPS) is 20.0. The number of amides is 3. The van der Waals surface area contributed by atoms with Crippen LogP contribution in [0.2, 0.25) is 0 Å². The number of hydrogen-bond donors (Lipinski definition) is 2. The van der Waals surface area contributed by atoms with Crippen molar-refractivity contribution in [2.24, 2.45) is 23.7 Å². The van der Waals surface area contributed by atoms with Gasteiger partial charge in [0.15, 0.2) is 0 Å². The van der Waals surface area contributed by atoms with Gasteiger partial charge in [-0.2, -0.15) is 0 Å². The largest absolute Gasteiger partial charge is 0.481 e. The van der Waals surface area contributed by atoms with Crippen LogP contribution in [0.1, 0.15) is 142 Å². The van der Waals surface area contributed by atoms with E-state index in [2.05, 4.69) is 5.32 Å². The van der Waals surface area contributed by atoms with Gasteiger partial charge in [-0.25, -0.2) is 9.59 Å². The first-order valence-corrected chi connectivity index (χ1v) is 24.5. The van der Waals surface area contributed by atoms with Gasteiger partial charge in [0.05, 0.1) is 81.4 Å². The average Bonchev–Trinajstić information content (AvgIpc) is 4.01. The van der Waals surface area contributed by atoms with E-state index in [4.69, 9.17) is 43.0 Å². The molecule has 0 aromatic heterocycles. The van der Waals surface area contributed by atoms with Crippen molar-refractivity contribution in [3.05, 3.63) is 0 Å². The number of ether oxygens (including phenoxy) is 8. The van der Waals surface area contributed by atoms with E-state index in [0.29, 0.717) is 6.54 Å². The van der Waals surface area contributed by atoms with Gasteiger partial charge in [-0.15, -0.1) is 0 Å². The maximum absolute atomic E-state index is 13.5. The minimum absolute atomic E-state index is 0. The van der Waals surface area contributed by atoms with Crippen molar-refractivity contribution in [2.45, 2.75) is 202 Å². The fourth-order valence-corrected chi connectivity index (χ4v) is 9.02. The molecule has 2 fully saturated rings. The van der Waals surface area contributed by atoms with Crippen LogP contribution in [-0.4, -0.2) is 185 Å². The molecule has 0 bridgehead atoms. The zero-order valence-corrected chi connectivity index (χ0v) is 46.0. The van der Waals surface area contributed by atoms with E-state index < -0.39 is 53.6 Å². The molecule has 0 saturated carbocycles. The van der Waals surface area contributed by atoms with Gasteiger partial charge in [0.25, 0.3) is 0 Å². The second kappa shape index (κ2) is 33.0. The fourth-order valence-electron chi connectivity index (χ4n) is 9.02. The third-order valence-corrected chi connectivity index (χ3v) is 13.0. The van der Waals surface area contributed by atoms with Crippen LogP contribution >= 0.6 is 0 Å². The third kappa shape index (κ3) is 22.3. The predicted octanol–water partition coefficient (Wildman–Crippen LogP) is 7.44. The molecule has 0 radical (unpaired) electrons. The van der Waals surface area contributed by atoms with Crippen LogP contribution in [-0.2, 0) is 57.1 Å². The van der Waals surface area contributed by atoms with Gasteiger partial charge in [-0.05, 0) is 99.5 Å². The van der Waals surface area contributed by atoms with Crippen LogP contribution in [0.5, 0.6) is 0 Å². The van der Waals surface area contributed by atoms with Crippen LogP contribution < -0.4 is 5.32 Å². The molecule has 0 aromatic carbocycles. The Morgan fingerprint density at radius 3 is 1.39 bits per heavy atom. The number of methoxy groups -OCH3 is 6. The molecule has 0 spiro atoms. The Morgan fingerprint density at radius 2 is 1.06 bits per heavy atom. The second-order valence-electron chi connectivity index (χ2n) is 20.3. The summed E-state index contributed by atoms with van der Waals surface area (Å²) in [7, 11) is 12.3. The molecule has 0 unspecified atom stereocenters. The second-order valence-corrected chi connectivity index (χ2v) is 20.3. The molecule has 2 saturated heterocycles. The lowest BCUT2D eigenvalue weighted by Crippen LogP contribution is -2.53. The molecular formula is C51H98N4O15. The number of nitrogens with zero attached hydrogens (tertiary/aromatic N) is 3. The molecule has 0 aliphatic carbocycles. The molecule has 70 heavy (non-hydrogen) atoms. The minimum atomic E-state index is -0.951. The number of rotatable bonds is 22. The lowest BCUT2D eigenvalue weighted by molar-refractivity contribution is -0.154. The first-order valence-electron chi connectivity index (χ1n) is 24.5. The Kier molecular flexibility index (Phi) is 32.2. The topological polar surface area (TPSA) is 218 Å². The minimum Gasteiger partial charge on any atom is -0.481 e. The van der Waals surface area contributed by atoms with Crippen LogP contribution in [0, 0.1) is 23.7 Å². The lowest BCUT2D eigenvalue weighted by Gasteiger charge is -2.39. The Labute approximate surface area is 421 Å². The van der Waals surface area contributed by atoms with Gasteiger partial charge >= 0.3 is 30.1 Å². The fraction of sp³-hybridized carbons (Fsp3) is 0.882. The van der Waals surface area contributed by atoms with E-state index in [0.717, 1.165) is 45.1 Å². The van der Waals surface area contributed by atoms with E-state index in [1.54, 1.807) is 72.9 Å². The third-order valence-electron chi connectivity index (χ3n) is 13.0. The molecule has 2 aliphatic heterocycles. The number of likely N-dealkylation sites (N-methyl/N-ethyl adjacent to an activating group) is 2. The van der Waals surface area contributed by atoms with Crippen LogP contribution in [0.4, 0.5) is 9.59 Å². The van der Waals surface area contributed by atoms with Gasteiger partial charge < -0.3 is 63.0 Å². The molecule has 2 rings (SSSR count).